The minimum Gasteiger partial charge on any atom is -0.507 e. The van der Waals surface area contributed by atoms with Crippen molar-refractivity contribution in [2.75, 3.05) is 5.32 Å². The predicted molar refractivity (Wildman–Crippen MR) is 152 cm³/mol. The molecule has 0 aromatic heterocycles. The fraction of sp³-hybridized carbons (Fsp3) is 0.133. The summed E-state index contributed by atoms with van der Waals surface area (Å²) in [6, 6.07) is 24.2. The molecule has 1 aliphatic heterocycles. The number of aliphatic hydroxyl groups is 1. The average Bonchev–Trinajstić information content (AvgIpc) is 3.09. The topological polar surface area (TPSA) is 32.3 Å². The van der Waals surface area contributed by atoms with Gasteiger partial charge in [-0.15, -0.1) is 0 Å². The maximum Gasteiger partial charge on any atom is 0.123 e. The molecule has 0 bridgehead atoms. The number of hydrogen-bond donors (Lipinski definition) is 2. The molecule has 2 N–H and O–H groups in total. The molecule has 4 rings (SSSR count). The lowest BCUT2D eigenvalue weighted by Gasteiger charge is -2.19. The van der Waals surface area contributed by atoms with E-state index in [4.69, 9.17) is 0 Å². The summed E-state index contributed by atoms with van der Waals surface area (Å²) in [4.78, 5) is 0. The van der Waals surface area contributed by atoms with Gasteiger partial charge in [0.15, 0.2) is 0 Å². The van der Waals surface area contributed by atoms with E-state index in [1.165, 1.54) is 16.9 Å². The summed E-state index contributed by atoms with van der Waals surface area (Å²) in [5, 5.41) is 14.3. The molecule has 4 heteroatoms. The Morgan fingerprint density at radius 2 is 1.50 bits per heavy atom. The van der Waals surface area contributed by atoms with Crippen molar-refractivity contribution in [3.05, 3.63) is 135 Å². The molecule has 0 spiro atoms. The first-order chi connectivity index (χ1) is 16.3. The van der Waals surface area contributed by atoms with Gasteiger partial charge in [-0.2, -0.15) is 0 Å². The molecule has 0 aliphatic carbocycles. The van der Waals surface area contributed by atoms with Gasteiger partial charge in [0.2, 0.25) is 0 Å². The fourth-order valence-corrected chi connectivity index (χ4v) is 4.55. The number of halogens is 2. The Balaban J connectivity index is 1.55. The molecule has 34 heavy (non-hydrogen) atoms. The number of hydrogen-bond acceptors (Lipinski definition) is 2. The lowest BCUT2D eigenvalue weighted by Crippen LogP contribution is -2.16. The maximum atomic E-state index is 10.7. The Bertz CT molecular complexity index is 1280. The van der Waals surface area contributed by atoms with Crippen molar-refractivity contribution in [1.29, 1.82) is 0 Å². The van der Waals surface area contributed by atoms with Gasteiger partial charge in [-0.25, -0.2) is 0 Å². The molecule has 0 radical (unpaired) electrons. The smallest absolute Gasteiger partial charge is 0.123 e. The largest absolute Gasteiger partial charge is 0.507 e. The summed E-state index contributed by atoms with van der Waals surface area (Å²) in [6.45, 7) is 4.49. The molecule has 1 heterocycles. The van der Waals surface area contributed by atoms with Crippen LogP contribution in [0.25, 0.3) is 11.3 Å². The van der Waals surface area contributed by atoms with Crippen LogP contribution in [0.1, 0.15) is 37.0 Å². The second kappa shape index (κ2) is 10.6. The van der Waals surface area contributed by atoms with Crippen molar-refractivity contribution in [1.82, 2.24) is 0 Å². The van der Waals surface area contributed by atoms with Gasteiger partial charge in [-0.3, -0.25) is 0 Å². The Labute approximate surface area is 218 Å². The molecule has 0 atom stereocenters. The average molecular weight is 577 g/mol. The van der Waals surface area contributed by atoms with E-state index in [2.05, 4.69) is 112 Å². The van der Waals surface area contributed by atoms with E-state index >= 15 is 0 Å². The quantitative estimate of drug-likeness (QED) is 0.226. The van der Waals surface area contributed by atoms with Gasteiger partial charge in [-0.1, -0.05) is 106 Å². The zero-order valence-electron chi connectivity index (χ0n) is 19.2. The third kappa shape index (κ3) is 5.63. The summed E-state index contributed by atoms with van der Waals surface area (Å²) in [7, 11) is 0. The van der Waals surface area contributed by atoms with E-state index in [9.17, 15) is 5.11 Å². The van der Waals surface area contributed by atoms with Gasteiger partial charge in [0, 0.05) is 31.3 Å². The highest BCUT2D eigenvalue weighted by Crippen LogP contribution is 2.42. The summed E-state index contributed by atoms with van der Waals surface area (Å²) in [6.07, 6.45) is 11.1. The van der Waals surface area contributed by atoms with E-state index in [0.29, 0.717) is 0 Å². The molecule has 0 fully saturated rings. The van der Waals surface area contributed by atoms with Gasteiger partial charge >= 0.3 is 0 Å². The van der Waals surface area contributed by atoms with Crippen LogP contribution in [0.15, 0.2) is 118 Å². The summed E-state index contributed by atoms with van der Waals surface area (Å²) in [5.74, 6) is 0.238. The van der Waals surface area contributed by atoms with Gasteiger partial charge in [-0.05, 0) is 65.6 Å². The third-order valence-electron chi connectivity index (χ3n) is 6.03. The first-order valence-corrected chi connectivity index (χ1v) is 12.8. The molecule has 0 unspecified atom stereocenters. The zero-order valence-corrected chi connectivity index (χ0v) is 22.4. The maximum absolute atomic E-state index is 10.7. The Hall–Kier alpha value is -2.82. The van der Waals surface area contributed by atoms with Crippen LogP contribution in [0.3, 0.4) is 0 Å². The van der Waals surface area contributed by atoms with Gasteiger partial charge in [0.1, 0.15) is 5.76 Å². The first-order valence-electron chi connectivity index (χ1n) is 11.2. The number of nitrogens with one attached hydrogen (secondary N) is 1. The van der Waals surface area contributed by atoms with Gasteiger partial charge in [0.25, 0.3) is 0 Å². The van der Waals surface area contributed by atoms with Crippen molar-refractivity contribution in [2.45, 2.75) is 25.7 Å². The number of anilines is 1. The number of rotatable bonds is 6. The summed E-state index contributed by atoms with van der Waals surface area (Å²) < 4.78 is 2.01. The normalized spacial score (nSPS) is 16.6. The minimum atomic E-state index is -0.0431. The predicted octanol–water partition coefficient (Wildman–Crippen LogP) is 9.43. The van der Waals surface area contributed by atoms with E-state index in [-0.39, 0.29) is 11.2 Å². The molecule has 1 aliphatic rings. The number of aliphatic hydroxyl groups excluding tert-OH is 1. The highest BCUT2D eigenvalue weighted by molar-refractivity contribution is 9.10. The second-order valence-corrected chi connectivity index (χ2v) is 10.6. The first kappa shape index (κ1) is 24.3. The molecular formula is C30H27Br2NO. The van der Waals surface area contributed by atoms with Crippen molar-refractivity contribution < 1.29 is 5.11 Å². The fourth-order valence-electron chi connectivity index (χ4n) is 4.03. The highest BCUT2D eigenvalue weighted by atomic mass is 79.9. The summed E-state index contributed by atoms with van der Waals surface area (Å²) >= 11 is 6.95. The molecule has 0 saturated carbocycles. The van der Waals surface area contributed by atoms with Crippen molar-refractivity contribution in [3.8, 4) is 0 Å². The van der Waals surface area contributed by atoms with Crippen molar-refractivity contribution in [3.63, 3.8) is 0 Å². The third-order valence-corrected chi connectivity index (χ3v) is 7.08. The van der Waals surface area contributed by atoms with Crippen LogP contribution in [0.4, 0.5) is 5.69 Å². The van der Waals surface area contributed by atoms with Gasteiger partial charge in [0.05, 0.1) is 0 Å². The van der Waals surface area contributed by atoms with E-state index in [1.807, 2.05) is 42.5 Å². The Morgan fingerprint density at radius 1 is 0.882 bits per heavy atom. The molecule has 3 aromatic carbocycles. The number of para-hydroxylation sites is 1. The van der Waals surface area contributed by atoms with E-state index in [1.54, 1.807) is 0 Å². The van der Waals surface area contributed by atoms with Crippen LogP contribution in [0, 0.1) is 0 Å². The van der Waals surface area contributed by atoms with Crippen LogP contribution in [-0.2, 0) is 5.41 Å². The van der Waals surface area contributed by atoms with E-state index < -0.39 is 0 Å². The van der Waals surface area contributed by atoms with Crippen LogP contribution >= 0.6 is 31.9 Å². The monoisotopic (exact) mass is 575 g/mol. The molecule has 3 aromatic rings. The summed E-state index contributed by atoms with van der Waals surface area (Å²) in [5.41, 5.74) is 6.44. The number of allylic oxidation sites excluding steroid dienone is 7. The SMILES string of the molecule is CC1(C)/C(=C\C=C\C/C=C(\C=C(/O)c2ccc(Br)cc2)c2ccc(Br)cc2)Nc2ccccc21. The molecular weight excluding hydrogens is 550 g/mol. The lowest BCUT2D eigenvalue weighted by molar-refractivity contribution is 0.512. The van der Waals surface area contributed by atoms with Crippen LogP contribution < -0.4 is 5.32 Å². The van der Waals surface area contributed by atoms with Crippen molar-refractivity contribution >= 4 is 48.9 Å². The highest BCUT2D eigenvalue weighted by Gasteiger charge is 2.33. The van der Waals surface area contributed by atoms with Crippen LogP contribution in [0.2, 0.25) is 0 Å². The second-order valence-electron chi connectivity index (χ2n) is 8.74. The Morgan fingerprint density at radius 3 is 2.15 bits per heavy atom. The van der Waals surface area contributed by atoms with Gasteiger partial charge < -0.3 is 10.4 Å². The standard InChI is InChI=1S/C30H27Br2NO/c1-30(2)26-9-6-7-10-27(26)33-29(30)11-5-3-4-8-23(21-12-16-24(31)17-13-21)20-28(34)22-14-18-25(32)19-15-22/h3,5-20,33-34H,4H2,1-2H3/b5-3+,23-8+,28-20-,29-11+. The van der Waals surface area contributed by atoms with E-state index in [0.717, 1.165) is 32.1 Å². The Kier molecular flexibility index (Phi) is 7.60. The minimum absolute atomic E-state index is 0.0431. The van der Waals surface area contributed by atoms with Crippen molar-refractivity contribution in [2.24, 2.45) is 0 Å². The number of benzene rings is 3. The zero-order chi connectivity index (χ0) is 24.1. The van der Waals surface area contributed by atoms with Crippen LogP contribution in [-0.4, -0.2) is 5.11 Å². The number of fused-ring (bicyclic) bond motifs is 1. The lowest BCUT2D eigenvalue weighted by atomic mass is 9.84. The molecule has 0 saturated heterocycles. The van der Waals surface area contributed by atoms with Crippen LogP contribution in [0.5, 0.6) is 0 Å². The molecule has 0 amide bonds. The molecule has 2 nitrogen and oxygen atoms in total. The molecule has 172 valence electrons.